The number of carboxylic acids is 1. The second-order valence-corrected chi connectivity index (χ2v) is 4.98. The van der Waals surface area contributed by atoms with Crippen LogP contribution in [0.4, 0.5) is 0 Å². The highest BCUT2D eigenvalue weighted by Crippen LogP contribution is 2.33. The van der Waals surface area contributed by atoms with Gasteiger partial charge < -0.3 is 19.5 Å². The summed E-state index contributed by atoms with van der Waals surface area (Å²) in [4.78, 5) is 25.1. The van der Waals surface area contributed by atoms with Gasteiger partial charge in [0.05, 0.1) is 0 Å². The first kappa shape index (κ1) is 14.2. The number of carboxylic acid groups (broad SMARTS) is 1. The van der Waals surface area contributed by atoms with Crippen molar-refractivity contribution in [1.82, 2.24) is 4.90 Å². The molecule has 0 bridgehead atoms. The Kier molecular flexibility index (Phi) is 3.57. The number of hydrogen-bond acceptors (Lipinski definition) is 4. The Balaban J connectivity index is 2.32. The van der Waals surface area contributed by atoms with Crippen LogP contribution in [0.2, 0.25) is 0 Å². The van der Waals surface area contributed by atoms with Crippen molar-refractivity contribution in [2.24, 2.45) is 0 Å². The number of fused-ring (bicyclic) bond motifs is 1. The molecule has 0 saturated heterocycles. The van der Waals surface area contributed by atoms with E-state index in [0.717, 1.165) is 0 Å². The summed E-state index contributed by atoms with van der Waals surface area (Å²) in [5, 5.41) is 9.25. The molecular weight excluding hydrogens is 262 g/mol. The molecule has 20 heavy (non-hydrogen) atoms. The van der Waals surface area contributed by atoms with Crippen molar-refractivity contribution in [2.75, 3.05) is 13.3 Å². The molecule has 6 nitrogen and oxygen atoms in total. The molecule has 2 rings (SSSR count). The van der Waals surface area contributed by atoms with E-state index in [1.54, 1.807) is 25.1 Å². The third-order valence-electron chi connectivity index (χ3n) is 3.38. The summed E-state index contributed by atoms with van der Waals surface area (Å²) in [7, 11) is 0. The van der Waals surface area contributed by atoms with Gasteiger partial charge in [-0.1, -0.05) is 0 Å². The summed E-state index contributed by atoms with van der Waals surface area (Å²) < 4.78 is 10.4. The molecule has 1 aliphatic rings. The second-order valence-electron chi connectivity index (χ2n) is 4.98. The number of ether oxygens (including phenoxy) is 2. The van der Waals surface area contributed by atoms with Crippen LogP contribution in [0.5, 0.6) is 11.5 Å². The molecule has 0 saturated carbocycles. The Hall–Kier alpha value is -2.24. The molecule has 0 radical (unpaired) electrons. The SMILES string of the molecule is CCN(C(=O)c1ccc2c(c1)OCO2)C(C)(C)C(=O)O. The minimum atomic E-state index is -1.28. The zero-order valence-corrected chi connectivity index (χ0v) is 11.7. The van der Waals surface area contributed by atoms with Gasteiger partial charge in [0.2, 0.25) is 6.79 Å². The lowest BCUT2D eigenvalue weighted by Gasteiger charge is -2.34. The summed E-state index contributed by atoms with van der Waals surface area (Å²) in [6.45, 7) is 5.18. The van der Waals surface area contributed by atoms with E-state index in [9.17, 15) is 14.7 Å². The lowest BCUT2D eigenvalue weighted by Crippen LogP contribution is -2.52. The van der Waals surface area contributed by atoms with Crippen molar-refractivity contribution < 1.29 is 24.2 Å². The molecule has 0 atom stereocenters. The average molecular weight is 279 g/mol. The summed E-state index contributed by atoms with van der Waals surface area (Å²) in [5.74, 6) is -0.311. The Bertz CT molecular complexity index is 552. The smallest absolute Gasteiger partial charge is 0.329 e. The molecule has 1 N–H and O–H groups in total. The Morgan fingerprint density at radius 3 is 2.55 bits per heavy atom. The second kappa shape index (κ2) is 5.03. The van der Waals surface area contributed by atoms with Crippen LogP contribution in [0.25, 0.3) is 0 Å². The summed E-state index contributed by atoms with van der Waals surface area (Å²) in [5.41, 5.74) is -0.896. The number of aliphatic carboxylic acids is 1. The van der Waals surface area contributed by atoms with Crippen molar-refractivity contribution in [2.45, 2.75) is 26.3 Å². The molecule has 1 heterocycles. The maximum absolute atomic E-state index is 12.5. The Morgan fingerprint density at radius 1 is 1.30 bits per heavy atom. The lowest BCUT2D eigenvalue weighted by atomic mass is 10.0. The van der Waals surface area contributed by atoms with E-state index < -0.39 is 11.5 Å². The van der Waals surface area contributed by atoms with Crippen LogP contribution in [0.1, 0.15) is 31.1 Å². The zero-order valence-electron chi connectivity index (χ0n) is 11.7. The van der Waals surface area contributed by atoms with Crippen LogP contribution < -0.4 is 9.47 Å². The maximum atomic E-state index is 12.5. The largest absolute Gasteiger partial charge is 0.480 e. The van der Waals surface area contributed by atoms with Gasteiger partial charge >= 0.3 is 5.97 Å². The summed E-state index contributed by atoms with van der Waals surface area (Å²) in [6, 6.07) is 4.83. The minimum absolute atomic E-state index is 0.130. The van der Waals surface area contributed by atoms with Gasteiger partial charge in [-0.25, -0.2) is 4.79 Å². The molecule has 0 unspecified atom stereocenters. The average Bonchev–Trinajstić information content (AvgIpc) is 2.85. The zero-order chi connectivity index (χ0) is 14.9. The molecule has 0 aliphatic carbocycles. The van der Waals surface area contributed by atoms with Gasteiger partial charge in [0.15, 0.2) is 11.5 Å². The predicted octanol–water partition coefficient (Wildman–Crippen LogP) is 1.74. The van der Waals surface area contributed by atoms with Crippen LogP contribution >= 0.6 is 0 Å². The first-order chi connectivity index (χ1) is 9.37. The normalized spacial score (nSPS) is 13.2. The lowest BCUT2D eigenvalue weighted by molar-refractivity contribution is -0.147. The van der Waals surface area contributed by atoms with E-state index in [1.165, 1.54) is 18.7 Å². The van der Waals surface area contributed by atoms with E-state index in [4.69, 9.17) is 9.47 Å². The van der Waals surface area contributed by atoms with Gasteiger partial charge in [0, 0.05) is 12.1 Å². The van der Waals surface area contributed by atoms with Crippen LogP contribution in [0.3, 0.4) is 0 Å². The van der Waals surface area contributed by atoms with Crippen molar-refractivity contribution in [3.63, 3.8) is 0 Å². The van der Waals surface area contributed by atoms with Crippen molar-refractivity contribution in [1.29, 1.82) is 0 Å². The highest BCUT2D eigenvalue weighted by atomic mass is 16.7. The first-order valence-electron chi connectivity index (χ1n) is 6.33. The summed E-state index contributed by atoms with van der Waals surface area (Å²) >= 11 is 0. The van der Waals surface area contributed by atoms with E-state index in [2.05, 4.69) is 0 Å². The van der Waals surface area contributed by atoms with E-state index in [0.29, 0.717) is 23.6 Å². The monoisotopic (exact) mass is 279 g/mol. The molecule has 1 aromatic carbocycles. The molecule has 0 aromatic heterocycles. The molecular formula is C14H17NO5. The number of hydrogen-bond donors (Lipinski definition) is 1. The molecule has 1 aromatic rings. The summed E-state index contributed by atoms with van der Waals surface area (Å²) in [6.07, 6.45) is 0. The number of rotatable bonds is 4. The van der Waals surface area contributed by atoms with Gasteiger partial charge in [-0.05, 0) is 39.0 Å². The fraction of sp³-hybridized carbons (Fsp3) is 0.429. The molecule has 1 amide bonds. The fourth-order valence-corrected chi connectivity index (χ4v) is 2.09. The van der Waals surface area contributed by atoms with Gasteiger partial charge in [0.25, 0.3) is 5.91 Å². The topological polar surface area (TPSA) is 76.1 Å². The standard InChI is InChI=1S/C14H17NO5/c1-4-15(14(2,3)13(17)18)12(16)9-5-6-10-11(7-9)20-8-19-10/h5-7H,4,8H2,1-3H3,(H,17,18). The van der Waals surface area contributed by atoms with Crippen LogP contribution in [0.15, 0.2) is 18.2 Å². The quantitative estimate of drug-likeness (QED) is 0.908. The molecule has 0 fully saturated rings. The minimum Gasteiger partial charge on any atom is -0.480 e. The number of amides is 1. The van der Waals surface area contributed by atoms with Crippen LogP contribution in [-0.4, -0.2) is 40.8 Å². The van der Waals surface area contributed by atoms with Gasteiger partial charge in [-0.3, -0.25) is 4.79 Å². The van der Waals surface area contributed by atoms with Gasteiger partial charge in [0.1, 0.15) is 5.54 Å². The fourth-order valence-electron chi connectivity index (χ4n) is 2.09. The van der Waals surface area contributed by atoms with E-state index in [-0.39, 0.29) is 12.7 Å². The first-order valence-corrected chi connectivity index (χ1v) is 6.33. The number of nitrogens with zero attached hydrogens (tertiary/aromatic N) is 1. The highest BCUT2D eigenvalue weighted by Gasteiger charge is 2.37. The third kappa shape index (κ3) is 2.29. The molecule has 6 heteroatoms. The molecule has 0 spiro atoms. The van der Waals surface area contributed by atoms with E-state index in [1.807, 2.05) is 0 Å². The highest BCUT2D eigenvalue weighted by molar-refractivity contribution is 5.98. The van der Waals surface area contributed by atoms with Crippen LogP contribution in [-0.2, 0) is 4.79 Å². The van der Waals surface area contributed by atoms with Crippen molar-refractivity contribution in [3.8, 4) is 11.5 Å². The van der Waals surface area contributed by atoms with Crippen LogP contribution in [0, 0.1) is 0 Å². The van der Waals surface area contributed by atoms with Crippen molar-refractivity contribution in [3.05, 3.63) is 23.8 Å². The Morgan fingerprint density at radius 2 is 1.95 bits per heavy atom. The predicted molar refractivity (Wildman–Crippen MR) is 71.0 cm³/mol. The van der Waals surface area contributed by atoms with Gasteiger partial charge in [-0.2, -0.15) is 0 Å². The molecule has 1 aliphatic heterocycles. The molecule has 108 valence electrons. The number of likely N-dealkylation sites (N-methyl/N-ethyl adjacent to an activating group) is 1. The number of benzene rings is 1. The number of carbonyl (C=O) groups is 2. The van der Waals surface area contributed by atoms with Crippen molar-refractivity contribution >= 4 is 11.9 Å². The maximum Gasteiger partial charge on any atom is 0.329 e. The van der Waals surface area contributed by atoms with Gasteiger partial charge in [-0.15, -0.1) is 0 Å². The Labute approximate surface area is 116 Å². The number of carbonyl (C=O) groups excluding carboxylic acids is 1. The van der Waals surface area contributed by atoms with E-state index >= 15 is 0 Å². The third-order valence-corrected chi connectivity index (χ3v) is 3.38.